The summed E-state index contributed by atoms with van der Waals surface area (Å²) in [5, 5.41) is 25.7. The number of rotatable bonds is 13. The summed E-state index contributed by atoms with van der Waals surface area (Å²) in [6.45, 7) is 6.51. The number of aromatic amines is 1. The number of aliphatic hydroxyl groups is 1. The maximum Gasteiger partial charge on any atom is 0.328 e. The van der Waals surface area contributed by atoms with Gasteiger partial charge in [0.25, 0.3) is 0 Å². The van der Waals surface area contributed by atoms with Crippen molar-refractivity contribution in [2.45, 2.75) is 64.7 Å². The Labute approximate surface area is 186 Å². The highest BCUT2D eigenvalue weighted by Crippen LogP contribution is 2.08. The van der Waals surface area contributed by atoms with Gasteiger partial charge in [0.2, 0.25) is 17.7 Å². The quantitative estimate of drug-likeness (QED) is 0.187. The predicted molar refractivity (Wildman–Crippen MR) is 115 cm³/mol. The van der Waals surface area contributed by atoms with Gasteiger partial charge in [0.1, 0.15) is 18.1 Å². The number of imidazole rings is 1. The number of amides is 3. The first-order valence-electron chi connectivity index (χ1n) is 10.4. The Morgan fingerprint density at radius 3 is 2.03 bits per heavy atom. The van der Waals surface area contributed by atoms with E-state index >= 15 is 0 Å². The van der Waals surface area contributed by atoms with E-state index in [1.165, 1.54) is 12.5 Å². The number of aliphatic hydroxyl groups excluding tert-OH is 1. The molecule has 4 atom stereocenters. The molecule has 0 bridgehead atoms. The van der Waals surface area contributed by atoms with Gasteiger partial charge in [0, 0.05) is 18.3 Å². The van der Waals surface area contributed by atoms with Crippen molar-refractivity contribution >= 4 is 23.7 Å². The third-order valence-corrected chi connectivity index (χ3v) is 4.77. The molecule has 3 amide bonds. The van der Waals surface area contributed by atoms with Gasteiger partial charge in [-0.05, 0) is 18.3 Å². The topological polar surface area (TPSA) is 200 Å². The van der Waals surface area contributed by atoms with Gasteiger partial charge < -0.3 is 36.9 Å². The van der Waals surface area contributed by atoms with Gasteiger partial charge in [0.05, 0.1) is 19.0 Å². The fraction of sp³-hybridized carbons (Fsp3) is 0.650. The molecule has 0 spiro atoms. The zero-order valence-corrected chi connectivity index (χ0v) is 18.8. The van der Waals surface area contributed by atoms with E-state index in [9.17, 15) is 24.3 Å². The lowest BCUT2D eigenvalue weighted by Crippen LogP contribution is -2.58. The number of nitrogens with zero attached hydrogens (tertiary/aromatic N) is 1. The molecule has 1 rings (SSSR count). The van der Waals surface area contributed by atoms with Crippen LogP contribution >= 0.6 is 0 Å². The average Bonchev–Trinajstić information content (AvgIpc) is 3.22. The molecule has 1 aromatic heterocycles. The van der Waals surface area contributed by atoms with Crippen LogP contribution in [0.5, 0.6) is 0 Å². The number of aliphatic carboxylic acids is 1. The molecule has 12 nitrogen and oxygen atoms in total. The third kappa shape index (κ3) is 8.63. The summed E-state index contributed by atoms with van der Waals surface area (Å²) in [5.41, 5.74) is 6.40. The van der Waals surface area contributed by atoms with Crippen molar-refractivity contribution < 1.29 is 29.4 Å². The summed E-state index contributed by atoms with van der Waals surface area (Å²) < 4.78 is 0. The molecule has 0 aromatic carbocycles. The summed E-state index contributed by atoms with van der Waals surface area (Å²) >= 11 is 0. The van der Waals surface area contributed by atoms with Crippen molar-refractivity contribution in [2.75, 3.05) is 6.61 Å². The van der Waals surface area contributed by atoms with E-state index in [1.807, 2.05) is 13.8 Å². The second-order valence-corrected chi connectivity index (χ2v) is 8.38. The summed E-state index contributed by atoms with van der Waals surface area (Å²) in [5.74, 6) is -3.40. The van der Waals surface area contributed by atoms with Gasteiger partial charge in [0.15, 0.2) is 0 Å². The molecule has 0 aliphatic carbocycles. The lowest BCUT2D eigenvalue weighted by molar-refractivity contribution is -0.143. The lowest BCUT2D eigenvalue weighted by atomic mass is 10.00. The molecule has 1 aromatic rings. The molecule has 0 saturated carbocycles. The van der Waals surface area contributed by atoms with Crippen molar-refractivity contribution in [3.8, 4) is 0 Å². The molecule has 12 heteroatoms. The Morgan fingerprint density at radius 2 is 1.56 bits per heavy atom. The molecular weight excluding hydrogens is 420 g/mol. The minimum absolute atomic E-state index is 0.0107. The molecule has 4 unspecified atom stereocenters. The predicted octanol–water partition coefficient (Wildman–Crippen LogP) is -1.49. The SMILES string of the molecule is CC(C)CC(NC(=O)C(N)C(C)C)C(=O)NC(Cc1cnc[nH]1)C(=O)NC(CO)C(=O)O. The highest BCUT2D eigenvalue weighted by Gasteiger charge is 2.31. The number of H-pyrrole nitrogens is 1. The zero-order chi connectivity index (χ0) is 24.4. The van der Waals surface area contributed by atoms with Gasteiger partial charge in [-0.1, -0.05) is 27.7 Å². The van der Waals surface area contributed by atoms with Crippen LogP contribution in [-0.2, 0) is 25.6 Å². The Kier molecular flexibility index (Phi) is 10.8. The molecule has 0 aliphatic rings. The number of hydrogen-bond acceptors (Lipinski definition) is 7. The highest BCUT2D eigenvalue weighted by molar-refractivity contribution is 5.94. The van der Waals surface area contributed by atoms with Crippen molar-refractivity contribution in [3.05, 3.63) is 18.2 Å². The van der Waals surface area contributed by atoms with Gasteiger partial charge in [-0.25, -0.2) is 9.78 Å². The van der Waals surface area contributed by atoms with Gasteiger partial charge in [-0.2, -0.15) is 0 Å². The van der Waals surface area contributed by atoms with Crippen LogP contribution in [0, 0.1) is 11.8 Å². The van der Waals surface area contributed by atoms with E-state index in [2.05, 4.69) is 25.9 Å². The second kappa shape index (κ2) is 12.8. The normalized spacial score (nSPS) is 15.0. The molecule has 0 aliphatic heterocycles. The molecule has 0 radical (unpaired) electrons. The highest BCUT2D eigenvalue weighted by atomic mass is 16.4. The molecule has 1 heterocycles. The minimum atomic E-state index is -1.53. The summed E-state index contributed by atoms with van der Waals surface area (Å²) in [6.07, 6.45) is 3.15. The first kappa shape index (κ1) is 27.0. The van der Waals surface area contributed by atoms with Crippen LogP contribution < -0.4 is 21.7 Å². The summed E-state index contributed by atoms with van der Waals surface area (Å²) in [4.78, 5) is 56.0. The molecule has 0 saturated heterocycles. The van der Waals surface area contributed by atoms with Crippen molar-refractivity contribution in [2.24, 2.45) is 17.6 Å². The molecule has 0 fully saturated rings. The Balaban J connectivity index is 3.03. The Bertz CT molecular complexity index is 767. The Morgan fingerprint density at radius 1 is 1.00 bits per heavy atom. The first-order chi connectivity index (χ1) is 15.0. The maximum atomic E-state index is 13.0. The monoisotopic (exact) mass is 454 g/mol. The molecule has 180 valence electrons. The third-order valence-electron chi connectivity index (χ3n) is 4.77. The van der Waals surface area contributed by atoms with Gasteiger partial charge in [-0.3, -0.25) is 14.4 Å². The van der Waals surface area contributed by atoms with Gasteiger partial charge in [-0.15, -0.1) is 0 Å². The largest absolute Gasteiger partial charge is 0.480 e. The zero-order valence-electron chi connectivity index (χ0n) is 18.8. The van der Waals surface area contributed by atoms with Crippen LogP contribution in [0.4, 0.5) is 0 Å². The van der Waals surface area contributed by atoms with Crippen LogP contribution in [0.25, 0.3) is 0 Å². The minimum Gasteiger partial charge on any atom is -0.480 e. The van der Waals surface area contributed by atoms with E-state index in [-0.39, 0.29) is 18.3 Å². The number of nitrogens with two attached hydrogens (primary N) is 1. The fourth-order valence-corrected chi connectivity index (χ4v) is 2.83. The van der Waals surface area contributed by atoms with Crippen LogP contribution in [-0.4, -0.2) is 74.6 Å². The molecular formula is C20H34N6O6. The van der Waals surface area contributed by atoms with Crippen LogP contribution in [0.15, 0.2) is 12.5 Å². The van der Waals surface area contributed by atoms with E-state index in [1.54, 1.807) is 13.8 Å². The maximum absolute atomic E-state index is 13.0. The number of hydrogen-bond donors (Lipinski definition) is 7. The number of aromatic nitrogens is 2. The van der Waals surface area contributed by atoms with E-state index < -0.39 is 54.5 Å². The number of carbonyl (C=O) groups is 4. The fourth-order valence-electron chi connectivity index (χ4n) is 2.83. The van der Waals surface area contributed by atoms with Gasteiger partial charge >= 0.3 is 5.97 Å². The van der Waals surface area contributed by atoms with E-state index in [0.717, 1.165) is 0 Å². The van der Waals surface area contributed by atoms with Crippen LogP contribution in [0.3, 0.4) is 0 Å². The molecule has 8 N–H and O–H groups in total. The van der Waals surface area contributed by atoms with Crippen molar-refractivity contribution in [1.29, 1.82) is 0 Å². The Hall–Kier alpha value is -2.99. The molecule has 32 heavy (non-hydrogen) atoms. The van der Waals surface area contributed by atoms with Crippen LogP contribution in [0.2, 0.25) is 0 Å². The van der Waals surface area contributed by atoms with Crippen LogP contribution in [0.1, 0.15) is 39.8 Å². The van der Waals surface area contributed by atoms with Crippen molar-refractivity contribution in [1.82, 2.24) is 25.9 Å². The van der Waals surface area contributed by atoms with E-state index in [4.69, 9.17) is 10.8 Å². The summed E-state index contributed by atoms with van der Waals surface area (Å²) in [7, 11) is 0. The number of nitrogens with one attached hydrogen (secondary N) is 4. The number of carboxylic acid groups (broad SMARTS) is 1. The number of carbonyl (C=O) groups excluding carboxylic acids is 3. The lowest BCUT2D eigenvalue weighted by Gasteiger charge is -2.26. The standard InChI is InChI=1S/C20H34N6O6/c1-10(2)5-13(25-19(30)16(21)11(3)4)17(28)24-14(6-12-7-22-9-23-12)18(29)26-15(8-27)20(31)32/h7,9-11,13-16,27H,5-6,8,21H2,1-4H3,(H,22,23)(H,24,28)(H,25,30)(H,26,29)(H,31,32). The smallest absolute Gasteiger partial charge is 0.328 e. The first-order valence-corrected chi connectivity index (χ1v) is 10.4. The average molecular weight is 455 g/mol. The van der Waals surface area contributed by atoms with Crippen molar-refractivity contribution in [3.63, 3.8) is 0 Å². The second-order valence-electron chi connectivity index (χ2n) is 8.38. The van der Waals surface area contributed by atoms with E-state index in [0.29, 0.717) is 12.1 Å². The number of carboxylic acids is 1. The summed E-state index contributed by atoms with van der Waals surface area (Å²) in [6, 6.07) is -4.46.